The first-order chi connectivity index (χ1) is 7.41. The van der Waals surface area contributed by atoms with E-state index in [-0.39, 0.29) is 5.60 Å². The molecule has 1 aromatic rings. The van der Waals surface area contributed by atoms with Crippen molar-refractivity contribution in [2.75, 3.05) is 0 Å². The van der Waals surface area contributed by atoms with Crippen molar-refractivity contribution in [1.82, 2.24) is 0 Å². The van der Waals surface area contributed by atoms with Crippen LogP contribution in [0.15, 0.2) is 30.3 Å². The van der Waals surface area contributed by atoms with Crippen molar-refractivity contribution in [3.05, 3.63) is 35.9 Å². The zero-order valence-corrected chi connectivity index (χ0v) is 9.11. The summed E-state index contributed by atoms with van der Waals surface area (Å²) in [5.74, 6) is 0. The number of ether oxygens (including phenoxy) is 1. The molecule has 0 N–H and O–H groups in total. The van der Waals surface area contributed by atoms with Gasteiger partial charge in [-0.05, 0) is 18.4 Å². The molecule has 1 spiro atoms. The minimum absolute atomic E-state index is 0.234. The van der Waals surface area contributed by atoms with Gasteiger partial charge < -0.3 is 4.74 Å². The minimum atomic E-state index is 0.234. The lowest BCUT2D eigenvalue weighted by Gasteiger charge is -2.08. The SMILES string of the molecule is c1ccc([C@H]2OC23CCCCCC3)cc1. The Hall–Kier alpha value is -0.820. The summed E-state index contributed by atoms with van der Waals surface area (Å²) in [5, 5.41) is 0. The van der Waals surface area contributed by atoms with Crippen molar-refractivity contribution < 1.29 is 4.74 Å². The molecule has 1 heteroatoms. The molecule has 2 aliphatic rings. The maximum Gasteiger partial charge on any atom is 0.112 e. The second kappa shape index (κ2) is 3.64. The first-order valence-corrected chi connectivity index (χ1v) is 6.13. The average molecular weight is 202 g/mol. The van der Waals surface area contributed by atoms with E-state index in [1.807, 2.05) is 0 Å². The van der Waals surface area contributed by atoms with Crippen LogP contribution in [0.1, 0.15) is 50.2 Å². The Labute approximate surface area is 91.5 Å². The summed E-state index contributed by atoms with van der Waals surface area (Å²) < 4.78 is 6.01. The van der Waals surface area contributed by atoms with Crippen LogP contribution >= 0.6 is 0 Å². The molecule has 1 saturated carbocycles. The predicted molar refractivity (Wildman–Crippen MR) is 60.7 cm³/mol. The predicted octanol–water partition coefficient (Wildman–Crippen LogP) is 3.85. The number of benzene rings is 1. The number of hydrogen-bond acceptors (Lipinski definition) is 1. The zero-order valence-electron chi connectivity index (χ0n) is 9.11. The van der Waals surface area contributed by atoms with Gasteiger partial charge >= 0.3 is 0 Å². The van der Waals surface area contributed by atoms with Crippen LogP contribution in [0.4, 0.5) is 0 Å². The first-order valence-electron chi connectivity index (χ1n) is 6.13. The van der Waals surface area contributed by atoms with Gasteiger partial charge in [0.05, 0.1) is 5.60 Å². The molecule has 0 bridgehead atoms. The molecule has 1 atom stereocenters. The maximum absolute atomic E-state index is 6.01. The average Bonchev–Trinajstić information content (AvgIpc) is 3.05. The lowest BCUT2D eigenvalue weighted by molar-refractivity contribution is 0.270. The van der Waals surface area contributed by atoms with E-state index in [4.69, 9.17) is 4.74 Å². The van der Waals surface area contributed by atoms with E-state index in [0.717, 1.165) is 0 Å². The standard InChI is InChI=1S/C14H18O/c1-2-7-11-14(10-6-1)13(15-14)12-8-4-3-5-9-12/h3-5,8-9,13H,1-2,6-7,10-11H2/t13-/m1/s1. The van der Waals surface area contributed by atoms with Gasteiger partial charge in [-0.2, -0.15) is 0 Å². The summed E-state index contributed by atoms with van der Waals surface area (Å²) in [6.07, 6.45) is 8.43. The Kier molecular flexibility index (Phi) is 2.28. The summed E-state index contributed by atoms with van der Waals surface area (Å²) in [6.45, 7) is 0. The Bertz CT molecular complexity index is 322. The van der Waals surface area contributed by atoms with Gasteiger partial charge in [-0.25, -0.2) is 0 Å². The van der Waals surface area contributed by atoms with Crippen LogP contribution < -0.4 is 0 Å². The van der Waals surface area contributed by atoms with Gasteiger partial charge in [0, 0.05) is 0 Å². The molecular weight excluding hydrogens is 184 g/mol. The quantitative estimate of drug-likeness (QED) is 0.630. The first kappa shape index (κ1) is 9.41. The van der Waals surface area contributed by atoms with Crippen molar-refractivity contribution in [1.29, 1.82) is 0 Å². The van der Waals surface area contributed by atoms with Crippen LogP contribution in [0.2, 0.25) is 0 Å². The summed E-state index contributed by atoms with van der Waals surface area (Å²) in [6, 6.07) is 10.7. The van der Waals surface area contributed by atoms with E-state index in [2.05, 4.69) is 30.3 Å². The molecule has 0 radical (unpaired) electrons. The van der Waals surface area contributed by atoms with Crippen LogP contribution in [0.25, 0.3) is 0 Å². The lowest BCUT2D eigenvalue weighted by Crippen LogP contribution is -2.10. The summed E-state index contributed by atoms with van der Waals surface area (Å²) >= 11 is 0. The van der Waals surface area contributed by atoms with Gasteiger partial charge in [0.15, 0.2) is 0 Å². The number of rotatable bonds is 1. The van der Waals surface area contributed by atoms with Crippen molar-refractivity contribution in [3.63, 3.8) is 0 Å². The van der Waals surface area contributed by atoms with Gasteiger partial charge in [-0.15, -0.1) is 0 Å². The molecule has 1 aliphatic carbocycles. The molecular formula is C14H18O. The monoisotopic (exact) mass is 202 g/mol. The molecule has 1 heterocycles. The van der Waals surface area contributed by atoms with Gasteiger partial charge in [-0.3, -0.25) is 0 Å². The van der Waals surface area contributed by atoms with E-state index in [0.29, 0.717) is 6.10 Å². The molecule has 80 valence electrons. The minimum Gasteiger partial charge on any atom is -0.361 e. The van der Waals surface area contributed by atoms with Gasteiger partial charge in [-0.1, -0.05) is 56.0 Å². The molecule has 1 nitrogen and oxygen atoms in total. The highest BCUT2D eigenvalue weighted by molar-refractivity contribution is 5.26. The van der Waals surface area contributed by atoms with Crippen LogP contribution in [0.5, 0.6) is 0 Å². The normalized spacial score (nSPS) is 28.7. The van der Waals surface area contributed by atoms with E-state index in [1.165, 1.54) is 44.1 Å². The Morgan fingerprint density at radius 2 is 1.60 bits per heavy atom. The fourth-order valence-electron chi connectivity index (χ4n) is 2.91. The molecule has 1 aromatic carbocycles. The lowest BCUT2D eigenvalue weighted by atomic mass is 9.92. The van der Waals surface area contributed by atoms with Gasteiger partial charge in [0.2, 0.25) is 0 Å². The highest BCUT2D eigenvalue weighted by Gasteiger charge is 2.55. The summed E-state index contributed by atoms with van der Waals surface area (Å²) in [5.41, 5.74) is 1.61. The van der Waals surface area contributed by atoms with E-state index >= 15 is 0 Å². The number of hydrogen-bond donors (Lipinski definition) is 0. The molecule has 15 heavy (non-hydrogen) atoms. The van der Waals surface area contributed by atoms with E-state index in [9.17, 15) is 0 Å². The number of epoxide rings is 1. The fraction of sp³-hybridized carbons (Fsp3) is 0.571. The molecule has 0 amide bonds. The second-order valence-electron chi connectivity index (χ2n) is 4.89. The Balaban J connectivity index is 1.76. The van der Waals surface area contributed by atoms with Crippen LogP contribution in [-0.2, 0) is 4.74 Å². The maximum atomic E-state index is 6.01. The molecule has 0 unspecified atom stereocenters. The molecule has 2 fully saturated rings. The Morgan fingerprint density at radius 3 is 2.27 bits per heavy atom. The zero-order chi connectivity index (χ0) is 10.1. The van der Waals surface area contributed by atoms with Gasteiger partial charge in [0.1, 0.15) is 6.10 Å². The second-order valence-corrected chi connectivity index (χ2v) is 4.89. The van der Waals surface area contributed by atoms with Crippen LogP contribution in [0, 0.1) is 0 Å². The third-order valence-electron chi connectivity index (χ3n) is 3.83. The van der Waals surface area contributed by atoms with Gasteiger partial charge in [0.25, 0.3) is 0 Å². The third-order valence-corrected chi connectivity index (χ3v) is 3.83. The van der Waals surface area contributed by atoms with Crippen LogP contribution in [-0.4, -0.2) is 5.60 Å². The smallest absolute Gasteiger partial charge is 0.112 e. The molecule has 1 aliphatic heterocycles. The van der Waals surface area contributed by atoms with E-state index < -0.39 is 0 Å². The highest BCUT2D eigenvalue weighted by atomic mass is 16.6. The van der Waals surface area contributed by atoms with Crippen molar-refractivity contribution in [2.24, 2.45) is 0 Å². The largest absolute Gasteiger partial charge is 0.361 e. The molecule has 1 saturated heterocycles. The van der Waals surface area contributed by atoms with Crippen molar-refractivity contribution in [2.45, 2.75) is 50.2 Å². The third kappa shape index (κ3) is 1.69. The van der Waals surface area contributed by atoms with E-state index in [1.54, 1.807) is 0 Å². The summed E-state index contributed by atoms with van der Waals surface area (Å²) in [4.78, 5) is 0. The Morgan fingerprint density at radius 1 is 0.933 bits per heavy atom. The van der Waals surface area contributed by atoms with Crippen molar-refractivity contribution >= 4 is 0 Å². The summed E-state index contributed by atoms with van der Waals surface area (Å²) in [7, 11) is 0. The van der Waals surface area contributed by atoms with Crippen LogP contribution in [0.3, 0.4) is 0 Å². The molecule has 0 aromatic heterocycles. The fourth-order valence-corrected chi connectivity index (χ4v) is 2.91. The molecule has 3 rings (SSSR count). The highest BCUT2D eigenvalue weighted by Crippen LogP contribution is 2.56. The topological polar surface area (TPSA) is 12.5 Å². The van der Waals surface area contributed by atoms with Crippen molar-refractivity contribution in [3.8, 4) is 0 Å².